The highest BCUT2D eigenvalue weighted by Crippen LogP contribution is 2.14. The van der Waals surface area contributed by atoms with Crippen molar-refractivity contribution in [1.29, 1.82) is 0 Å². The molecular weight excluding hydrogens is 322 g/mol. The molecule has 0 aliphatic heterocycles. The molecule has 2 rings (SSSR count). The van der Waals surface area contributed by atoms with Crippen LogP contribution < -0.4 is 10.1 Å². The van der Waals surface area contributed by atoms with Crippen LogP contribution in [0.1, 0.15) is 18.9 Å². The molecule has 0 aromatic heterocycles. The maximum atomic E-state index is 11.9. The van der Waals surface area contributed by atoms with Crippen molar-refractivity contribution in [3.63, 3.8) is 0 Å². The van der Waals surface area contributed by atoms with E-state index in [2.05, 4.69) is 5.32 Å². The molecule has 0 aliphatic carbocycles. The van der Waals surface area contributed by atoms with Crippen LogP contribution in [0.15, 0.2) is 60.7 Å². The number of carbonyl (C=O) groups is 2. The topological polar surface area (TPSA) is 84.9 Å². The van der Waals surface area contributed by atoms with Crippen molar-refractivity contribution in [1.82, 2.24) is 5.32 Å². The van der Waals surface area contributed by atoms with Gasteiger partial charge in [0.15, 0.2) is 0 Å². The number of nitrogens with one attached hydrogen (secondary N) is 1. The fourth-order valence-corrected chi connectivity index (χ4v) is 2.10. The van der Waals surface area contributed by atoms with E-state index in [4.69, 9.17) is 9.47 Å². The SMILES string of the molecule is C[C@@](CCOc1ccccc1)(NC(=O)OCc1ccccc1)C(=O)O. The smallest absolute Gasteiger partial charge is 0.408 e. The first-order valence-electron chi connectivity index (χ1n) is 7.90. The van der Waals surface area contributed by atoms with Gasteiger partial charge in [-0.3, -0.25) is 0 Å². The van der Waals surface area contributed by atoms with E-state index < -0.39 is 17.6 Å². The first kappa shape index (κ1) is 18.3. The minimum atomic E-state index is -1.48. The minimum absolute atomic E-state index is 0.0723. The highest BCUT2D eigenvalue weighted by molar-refractivity contribution is 5.83. The van der Waals surface area contributed by atoms with Gasteiger partial charge in [-0.15, -0.1) is 0 Å². The van der Waals surface area contributed by atoms with Crippen LogP contribution in [0.5, 0.6) is 5.75 Å². The Morgan fingerprint density at radius 3 is 2.24 bits per heavy atom. The fourth-order valence-electron chi connectivity index (χ4n) is 2.10. The van der Waals surface area contributed by atoms with Crippen molar-refractivity contribution in [2.45, 2.75) is 25.5 Å². The van der Waals surface area contributed by atoms with Crippen molar-refractivity contribution in [3.8, 4) is 5.75 Å². The molecule has 0 fully saturated rings. The Morgan fingerprint density at radius 2 is 1.64 bits per heavy atom. The molecule has 6 nitrogen and oxygen atoms in total. The van der Waals surface area contributed by atoms with Crippen LogP contribution in [0.2, 0.25) is 0 Å². The van der Waals surface area contributed by atoms with E-state index in [-0.39, 0.29) is 19.6 Å². The van der Waals surface area contributed by atoms with Crippen molar-refractivity contribution in [2.75, 3.05) is 6.61 Å². The zero-order chi connectivity index (χ0) is 18.1. The van der Waals surface area contributed by atoms with Crippen LogP contribution >= 0.6 is 0 Å². The summed E-state index contributed by atoms with van der Waals surface area (Å²) in [7, 11) is 0. The Morgan fingerprint density at radius 1 is 1.04 bits per heavy atom. The van der Waals surface area contributed by atoms with Gasteiger partial charge in [0, 0.05) is 6.42 Å². The van der Waals surface area contributed by atoms with Gasteiger partial charge in [-0.25, -0.2) is 9.59 Å². The van der Waals surface area contributed by atoms with Crippen LogP contribution in [-0.2, 0) is 16.1 Å². The number of carbonyl (C=O) groups excluding carboxylic acids is 1. The van der Waals surface area contributed by atoms with Gasteiger partial charge >= 0.3 is 12.1 Å². The number of hydrogen-bond acceptors (Lipinski definition) is 4. The third kappa shape index (κ3) is 5.84. The molecule has 0 saturated carbocycles. The Labute approximate surface area is 146 Å². The van der Waals surface area contributed by atoms with Crippen molar-refractivity contribution < 1.29 is 24.2 Å². The van der Waals surface area contributed by atoms with Gasteiger partial charge in [0.1, 0.15) is 17.9 Å². The Kier molecular flexibility index (Phi) is 6.39. The normalized spacial score (nSPS) is 12.7. The van der Waals surface area contributed by atoms with Crippen molar-refractivity contribution in [2.24, 2.45) is 0 Å². The lowest BCUT2D eigenvalue weighted by Gasteiger charge is -2.25. The van der Waals surface area contributed by atoms with Crippen LogP contribution in [0.3, 0.4) is 0 Å². The molecule has 6 heteroatoms. The third-order valence-electron chi connectivity index (χ3n) is 3.68. The number of benzene rings is 2. The number of para-hydroxylation sites is 1. The van der Waals surface area contributed by atoms with Crippen LogP contribution in [0.4, 0.5) is 4.79 Å². The second kappa shape index (κ2) is 8.73. The number of carboxylic acid groups (broad SMARTS) is 1. The van der Waals surface area contributed by atoms with Gasteiger partial charge in [0.05, 0.1) is 6.61 Å². The second-order valence-electron chi connectivity index (χ2n) is 5.74. The molecule has 2 aromatic rings. The number of alkyl carbamates (subject to hydrolysis) is 1. The first-order chi connectivity index (χ1) is 12.0. The number of aliphatic carboxylic acids is 1. The number of amides is 1. The zero-order valence-electron chi connectivity index (χ0n) is 14.0. The lowest BCUT2D eigenvalue weighted by molar-refractivity contribution is -0.144. The lowest BCUT2D eigenvalue weighted by Crippen LogP contribution is -2.53. The zero-order valence-corrected chi connectivity index (χ0v) is 14.0. The molecule has 2 aromatic carbocycles. The summed E-state index contributed by atoms with van der Waals surface area (Å²) in [4.78, 5) is 23.5. The number of ether oxygens (including phenoxy) is 2. The summed E-state index contributed by atoms with van der Waals surface area (Å²) in [6.45, 7) is 1.64. The quantitative estimate of drug-likeness (QED) is 0.769. The molecule has 132 valence electrons. The summed E-state index contributed by atoms with van der Waals surface area (Å²) in [5.74, 6) is -0.511. The van der Waals surface area contributed by atoms with Crippen LogP contribution in [0, 0.1) is 0 Å². The molecule has 0 radical (unpaired) electrons. The van der Waals surface area contributed by atoms with Gasteiger partial charge in [-0.2, -0.15) is 0 Å². The molecule has 2 N–H and O–H groups in total. The first-order valence-corrected chi connectivity index (χ1v) is 7.90. The molecule has 0 spiro atoms. The largest absolute Gasteiger partial charge is 0.493 e. The second-order valence-corrected chi connectivity index (χ2v) is 5.74. The summed E-state index contributed by atoms with van der Waals surface area (Å²) < 4.78 is 10.6. The van der Waals surface area contributed by atoms with Gasteiger partial charge in [-0.1, -0.05) is 48.5 Å². The van der Waals surface area contributed by atoms with Crippen LogP contribution in [-0.4, -0.2) is 29.3 Å². The van der Waals surface area contributed by atoms with E-state index in [9.17, 15) is 14.7 Å². The molecular formula is C19H21NO5. The summed E-state index contributed by atoms with van der Waals surface area (Å²) >= 11 is 0. The minimum Gasteiger partial charge on any atom is -0.493 e. The highest BCUT2D eigenvalue weighted by atomic mass is 16.5. The molecule has 0 bridgehead atoms. The monoisotopic (exact) mass is 343 g/mol. The summed E-state index contributed by atoms with van der Waals surface area (Å²) in [5.41, 5.74) is -0.662. The predicted octanol–water partition coefficient (Wildman–Crippen LogP) is 3.23. The molecule has 0 heterocycles. The highest BCUT2D eigenvalue weighted by Gasteiger charge is 2.35. The number of carboxylic acids is 1. The standard InChI is InChI=1S/C19H21NO5/c1-19(17(21)22,12-13-24-16-10-6-3-7-11-16)20-18(23)25-14-15-8-4-2-5-9-15/h2-11H,12-14H2,1H3,(H,20,23)(H,21,22)/t19-/m0/s1. The molecule has 1 amide bonds. The Balaban J connectivity index is 1.85. The van der Waals surface area contributed by atoms with E-state index in [0.717, 1.165) is 5.56 Å². The van der Waals surface area contributed by atoms with Gasteiger partial charge in [0.2, 0.25) is 0 Å². The van der Waals surface area contributed by atoms with Crippen LogP contribution in [0.25, 0.3) is 0 Å². The van der Waals surface area contributed by atoms with Crippen molar-refractivity contribution in [3.05, 3.63) is 66.2 Å². The van der Waals surface area contributed by atoms with E-state index in [1.165, 1.54) is 6.92 Å². The Hall–Kier alpha value is -3.02. The molecule has 0 saturated heterocycles. The average molecular weight is 343 g/mol. The number of rotatable bonds is 8. The van der Waals surface area contributed by atoms with Gasteiger partial charge < -0.3 is 19.9 Å². The predicted molar refractivity (Wildman–Crippen MR) is 92.4 cm³/mol. The molecule has 25 heavy (non-hydrogen) atoms. The average Bonchev–Trinajstić information content (AvgIpc) is 2.61. The third-order valence-corrected chi connectivity index (χ3v) is 3.68. The van der Waals surface area contributed by atoms with E-state index in [0.29, 0.717) is 5.75 Å². The summed E-state index contributed by atoms with van der Waals surface area (Å²) in [6.07, 6.45) is -0.689. The molecule has 0 unspecified atom stereocenters. The Bertz CT molecular complexity index is 689. The van der Waals surface area contributed by atoms with E-state index in [1.54, 1.807) is 12.1 Å². The van der Waals surface area contributed by atoms with E-state index in [1.807, 2.05) is 48.5 Å². The summed E-state index contributed by atoms with van der Waals surface area (Å²) in [5, 5.41) is 11.8. The fraction of sp³-hybridized carbons (Fsp3) is 0.263. The van der Waals surface area contributed by atoms with E-state index >= 15 is 0 Å². The van der Waals surface area contributed by atoms with Gasteiger partial charge in [0.25, 0.3) is 0 Å². The lowest BCUT2D eigenvalue weighted by atomic mass is 9.99. The van der Waals surface area contributed by atoms with Crippen molar-refractivity contribution >= 4 is 12.1 Å². The molecule has 0 aliphatic rings. The maximum absolute atomic E-state index is 11.9. The summed E-state index contributed by atoms with van der Waals surface area (Å²) in [6, 6.07) is 18.2. The number of hydrogen-bond donors (Lipinski definition) is 2. The maximum Gasteiger partial charge on any atom is 0.408 e. The molecule has 1 atom stereocenters. The van der Waals surface area contributed by atoms with Gasteiger partial charge in [-0.05, 0) is 24.6 Å².